The van der Waals surface area contributed by atoms with Crippen molar-refractivity contribution < 1.29 is 4.79 Å². The molecule has 2 N–H and O–H groups in total. The van der Waals surface area contributed by atoms with E-state index in [0.717, 1.165) is 31.9 Å². The van der Waals surface area contributed by atoms with Gasteiger partial charge in [-0.05, 0) is 24.8 Å². The zero-order chi connectivity index (χ0) is 17.1. The minimum atomic E-state index is 0.0642. The SMILES string of the molecule is O=C(CSc1n[nH]c(C2CC2)n1)NC1CCN(Cc2ccccc2)C1. The number of rotatable bonds is 7. The number of H-pyrrole nitrogens is 1. The summed E-state index contributed by atoms with van der Waals surface area (Å²) in [5.41, 5.74) is 1.32. The Hall–Kier alpha value is -1.86. The first-order valence-electron chi connectivity index (χ1n) is 8.87. The first-order chi connectivity index (χ1) is 12.3. The number of aromatic amines is 1. The van der Waals surface area contributed by atoms with E-state index in [-0.39, 0.29) is 11.9 Å². The number of thioether (sulfide) groups is 1. The van der Waals surface area contributed by atoms with Crippen LogP contribution in [0.25, 0.3) is 0 Å². The first kappa shape index (κ1) is 16.6. The Labute approximate surface area is 151 Å². The molecule has 1 aromatic carbocycles. The van der Waals surface area contributed by atoms with E-state index in [1.54, 1.807) is 0 Å². The molecule has 7 heteroatoms. The average Bonchev–Trinajstić information content (AvgIpc) is 3.21. The minimum Gasteiger partial charge on any atom is -0.351 e. The molecule has 2 heterocycles. The lowest BCUT2D eigenvalue weighted by Crippen LogP contribution is -2.38. The lowest BCUT2D eigenvalue weighted by Gasteiger charge is -2.16. The third kappa shape index (κ3) is 4.61. The smallest absolute Gasteiger partial charge is 0.230 e. The van der Waals surface area contributed by atoms with Crippen molar-refractivity contribution in [3.63, 3.8) is 0 Å². The Morgan fingerprint density at radius 2 is 2.12 bits per heavy atom. The number of amides is 1. The fourth-order valence-corrected chi connectivity index (χ4v) is 3.81. The van der Waals surface area contributed by atoms with Crippen LogP contribution in [0, 0.1) is 0 Å². The van der Waals surface area contributed by atoms with Gasteiger partial charge in [0.2, 0.25) is 11.1 Å². The second kappa shape index (κ2) is 7.58. The number of benzene rings is 1. The van der Waals surface area contributed by atoms with E-state index in [1.807, 2.05) is 6.07 Å². The van der Waals surface area contributed by atoms with Crippen molar-refractivity contribution in [2.24, 2.45) is 0 Å². The average molecular weight is 357 g/mol. The number of carbonyl (C=O) groups excluding carboxylic acids is 1. The highest BCUT2D eigenvalue weighted by Crippen LogP contribution is 2.38. The number of aromatic nitrogens is 3. The molecule has 1 amide bonds. The van der Waals surface area contributed by atoms with Crippen LogP contribution in [0.1, 0.15) is 36.6 Å². The van der Waals surface area contributed by atoms with Gasteiger partial charge in [-0.3, -0.25) is 14.8 Å². The van der Waals surface area contributed by atoms with Crippen LogP contribution in [0.4, 0.5) is 0 Å². The summed E-state index contributed by atoms with van der Waals surface area (Å²) in [6.07, 6.45) is 3.40. The Balaban J connectivity index is 1.19. The van der Waals surface area contributed by atoms with Gasteiger partial charge in [0.15, 0.2) is 0 Å². The molecule has 132 valence electrons. The molecule has 2 aliphatic rings. The van der Waals surface area contributed by atoms with Crippen molar-refractivity contribution in [3.8, 4) is 0 Å². The van der Waals surface area contributed by atoms with Gasteiger partial charge in [-0.15, -0.1) is 5.10 Å². The molecule has 1 saturated heterocycles. The second-order valence-electron chi connectivity index (χ2n) is 6.84. The molecule has 1 atom stereocenters. The highest BCUT2D eigenvalue weighted by molar-refractivity contribution is 7.99. The zero-order valence-corrected chi connectivity index (χ0v) is 15.0. The summed E-state index contributed by atoms with van der Waals surface area (Å²) in [5.74, 6) is 1.96. The predicted octanol–water partition coefficient (Wildman–Crippen LogP) is 2.16. The summed E-state index contributed by atoms with van der Waals surface area (Å²) in [7, 11) is 0. The van der Waals surface area contributed by atoms with Gasteiger partial charge in [0.25, 0.3) is 0 Å². The fourth-order valence-electron chi connectivity index (χ4n) is 3.20. The van der Waals surface area contributed by atoms with E-state index in [9.17, 15) is 4.79 Å². The van der Waals surface area contributed by atoms with Crippen LogP contribution < -0.4 is 5.32 Å². The van der Waals surface area contributed by atoms with Crippen LogP contribution in [0.5, 0.6) is 0 Å². The van der Waals surface area contributed by atoms with Crippen LogP contribution in [0.15, 0.2) is 35.5 Å². The molecule has 0 radical (unpaired) electrons. The molecule has 25 heavy (non-hydrogen) atoms. The maximum atomic E-state index is 12.2. The zero-order valence-electron chi connectivity index (χ0n) is 14.1. The minimum absolute atomic E-state index is 0.0642. The van der Waals surface area contributed by atoms with Gasteiger partial charge in [-0.1, -0.05) is 42.1 Å². The molecule has 4 rings (SSSR count). The molecule has 1 saturated carbocycles. The third-order valence-electron chi connectivity index (χ3n) is 4.67. The Morgan fingerprint density at radius 1 is 1.28 bits per heavy atom. The standard InChI is InChI=1S/C18H23N5OS/c24-16(12-25-18-20-17(21-22-18)14-6-7-14)19-15-8-9-23(11-15)10-13-4-2-1-3-5-13/h1-5,14-15H,6-12H2,(H,19,24)(H,20,21,22). The summed E-state index contributed by atoms with van der Waals surface area (Å²) in [4.78, 5) is 19.0. The van der Waals surface area contributed by atoms with Crippen molar-refractivity contribution in [1.29, 1.82) is 0 Å². The largest absolute Gasteiger partial charge is 0.351 e. The molecule has 6 nitrogen and oxygen atoms in total. The molecule has 1 aliphatic carbocycles. The van der Waals surface area contributed by atoms with Gasteiger partial charge in [0.1, 0.15) is 5.82 Å². The van der Waals surface area contributed by atoms with Crippen molar-refractivity contribution in [2.75, 3.05) is 18.8 Å². The molecule has 0 bridgehead atoms. The summed E-state index contributed by atoms with van der Waals surface area (Å²) in [6, 6.07) is 10.7. The van der Waals surface area contributed by atoms with E-state index in [4.69, 9.17) is 0 Å². The molecule has 1 unspecified atom stereocenters. The molecule has 0 spiro atoms. The molecular weight excluding hydrogens is 334 g/mol. The third-order valence-corrected chi connectivity index (χ3v) is 5.51. The van der Waals surface area contributed by atoms with E-state index in [1.165, 1.54) is 30.2 Å². The number of hydrogen-bond donors (Lipinski definition) is 2. The summed E-state index contributed by atoms with van der Waals surface area (Å²) in [5, 5.41) is 11.0. The lowest BCUT2D eigenvalue weighted by atomic mass is 10.2. The normalized spacial score (nSPS) is 20.7. The van der Waals surface area contributed by atoms with Gasteiger partial charge < -0.3 is 5.32 Å². The van der Waals surface area contributed by atoms with Gasteiger partial charge in [-0.25, -0.2) is 4.98 Å². The van der Waals surface area contributed by atoms with Crippen LogP contribution in [0.3, 0.4) is 0 Å². The number of nitrogens with one attached hydrogen (secondary N) is 2. The van der Waals surface area contributed by atoms with Gasteiger partial charge in [0, 0.05) is 31.6 Å². The van der Waals surface area contributed by atoms with Crippen LogP contribution in [-0.2, 0) is 11.3 Å². The maximum absolute atomic E-state index is 12.2. The number of likely N-dealkylation sites (tertiary alicyclic amines) is 1. The van der Waals surface area contributed by atoms with Crippen molar-refractivity contribution in [2.45, 2.75) is 42.9 Å². The van der Waals surface area contributed by atoms with Gasteiger partial charge in [-0.2, -0.15) is 0 Å². The summed E-state index contributed by atoms with van der Waals surface area (Å²) in [6.45, 7) is 2.89. The monoisotopic (exact) mass is 357 g/mol. The van der Waals surface area contributed by atoms with Crippen molar-refractivity contribution in [1.82, 2.24) is 25.4 Å². The van der Waals surface area contributed by atoms with Crippen LogP contribution >= 0.6 is 11.8 Å². The van der Waals surface area contributed by atoms with E-state index >= 15 is 0 Å². The second-order valence-corrected chi connectivity index (χ2v) is 7.78. The fraction of sp³-hybridized carbons (Fsp3) is 0.500. The molecule has 1 aromatic heterocycles. The number of nitrogens with zero attached hydrogens (tertiary/aromatic N) is 3. The molecule has 1 aliphatic heterocycles. The van der Waals surface area contributed by atoms with Crippen LogP contribution in [-0.4, -0.2) is 50.9 Å². The first-order valence-corrected chi connectivity index (χ1v) is 9.85. The molecule has 2 fully saturated rings. The Bertz CT molecular complexity index is 715. The quantitative estimate of drug-likeness (QED) is 0.743. The predicted molar refractivity (Wildman–Crippen MR) is 97.3 cm³/mol. The van der Waals surface area contributed by atoms with Crippen molar-refractivity contribution >= 4 is 17.7 Å². The highest BCUT2D eigenvalue weighted by atomic mass is 32.2. The van der Waals surface area contributed by atoms with Crippen molar-refractivity contribution in [3.05, 3.63) is 41.7 Å². The van der Waals surface area contributed by atoms with Gasteiger partial charge >= 0.3 is 0 Å². The topological polar surface area (TPSA) is 73.9 Å². The number of carbonyl (C=O) groups is 1. The van der Waals surface area contributed by atoms with Gasteiger partial charge in [0.05, 0.1) is 5.75 Å². The maximum Gasteiger partial charge on any atom is 0.230 e. The summed E-state index contributed by atoms with van der Waals surface area (Å²) < 4.78 is 0. The molecule has 2 aromatic rings. The van der Waals surface area contributed by atoms with E-state index in [0.29, 0.717) is 16.8 Å². The van der Waals surface area contributed by atoms with E-state index in [2.05, 4.69) is 49.7 Å². The lowest BCUT2D eigenvalue weighted by molar-refractivity contribution is -0.119. The highest BCUT2D eigenvalue weighted by Gasteiger charge is 2.27. The molecular formula is C18H23N5OS. The Morgan fingerprint density at radius 3 is 2.92 bits per heavy atom. The Kier molecular flexibility index (Phi) is 5.03. The van der Waals surface area contributed by atoms with E-state index < -0.39 is 0 Å². The van der Waals surface area contributed by atoms with Crippen LogP contribution in [0.2, 0.25) is 0 Å². The number of hydrogen-bond acceptors (Lipinski definition) is 5. The summed E-state index contributed by atoms with van der Waals surface area (Å²) >= 11 is 1.40.